The van der Waals surface area contributed by atoms with Gasteiger partial charge < -0.3 is 14.2 Å². The lowest BCUT2D eigenvalue weighted by Gasteiger charge is -2.31. The lowest BCUT2D eigenvalue weighted by atomic mass is 9.89. The number of aromatic nitrogens is 2. The molecule has 2 saturated heterocycles. The number of ether oxygens (including phenoxy) is 1. The molecule has 2 aliphatic heterocycles. The molecular formula is C35H41Cl2N5O5S2. The normalized spacial score (nSPS) is 18.0. The summed E-state index contributed by atoms with van der Waals surface area (Å²) < 4.78 is 42.2. The van der Waals surface area contributed by atoms with Crippen molar-refractivity contribution in [3.63, 3.8) is 0 Å². The van der Waals surface area contributed by atoms with Gasteiger partial charge in [-0.3, -0.25) is 4.79 Å². The lowest BCUT2D eigenvalue weighted by Crippen LogP contribution is -2.45. The van der Waals surface area contributed by atoms with Crippen LogP contribution in [-0.2, 0) is 16.6 Å². The van der Waals surface area contributed by atoms with Gasteiger partial charge in [-0.15, -0.1) is 0 Å². The third-order valence-electron chi connectivity index (χ3n) is 9.60. The van der Waals surface area contributed by atoms with E-state index in [1.165, 1.54) is 15.6 Å². The van der Waals surface area contributed by atoms with Gasteiger partial charge in [0.1, 0.15) is 22.7 Å². The lowest BCUT2D eigenvalue weighted by molar-refractivity contribution is 0.0978. The van der Waals surface area contributed by atoms with Gasteiger partial charge in [0.2, 0.25) is 0 Å². The van der Waals surface area contributed by atoms with E-state index in [4.69, 9.17) is 37.4 Å². The highest BCUT2D eigenvalue weighted by Gasteiger charge is 2.34. The maximum absolute atomic E-state index is 13.3. The van der Waals surface area contributed by atoms with E-state index < -0.39 is 16.1 Å². The molecule has 0 bridgehead atoms. The Bertz CT molecular complexity index is 1920. The van der Waals surface area contributed by atoms with E-state index in [0.29, 0.717) is 46.2 Å². The number of thiazole rings is 1. The minimum Gasteiger partial charge on any atom is -0.489 e. The zero-order valence-electron chi connectivity index (χ0n) is 27.7. The predicted molar refractivity (Wildman–Crippen MR) is 194 cm³/mol. The molecule has 3 aliphatic rings. The molecule has 262 valence electrons. The van der Waals surface area contributed by atoms with Crippen LogP contribution in [0.25, 0.3) is 21.5 Å². The third kappa shape index (κ3) is 7.58. The van der Waals surface area contributed by atoms with Gasteiger partial charge in [0.05, 0.1) is 20.8 Å². The van der Waals surface area contributed by atoms with Gasteiger partial charge in [-0.05, 0) is 95.4 Å². The smallest absolute Gasteiger partial charge is 0.304 e. The Kier molecular flexibility index (Phi) is 10.1. The molecule has 2 aromatic heterocycles. The molecule has 4 heterocycles. The molecule has 0 atom stereocenters. The number of fused-ring (bicyclic) bond motifs is 1. The van der Waals surface area contributed by atoms with E-state index in [1.807, 2.05) is 32.0 Å². The molecule has 49 heavy (non-hydrogen) atoms. The highest BCUT2D eigenvalue weighted by atomic mass is 35.5. The van der Waals surface area contributed by atoms with Gasteiger partial charge in [0, 0.05) is 48.8 Å². The van der Waals surface area contributed by atoms with Crippen molar-refractivity contribution in [3.8, 4) is 17.0 Å². The van der Waals surface area contributed by atoms with Gasteiger partial charge >= 0.3 is 10.2 Å². The molecule has 2 aromatic carbocycles. The number of nitrogens with zero attached hydrogens (tertiary/aromatic N) is 4. The summed E-state index contributed by atoms with van der Waals surface area (Å²) >= 11 is 14.7. The van der Waals surface area contributed by atoms with Crippen LogP contribution in [0.2, 0.25) is 10.0 Å². The second-order valence-corrected chi connectivity index (χ2v) is 17.1. The van der Waals surface area contributed by atoms with Crippen LogP contribution in [0.5, 0.6) is 5.75 Å². The van der Waals surface area contributed by atoms with Crippen LogP contribution in [0.3, 0.4) is 0 Å². The first-order chi connectivity index (χ1) is 23.6. The monoisotopic (exact) mass is 745 g/mol. The molecule has 0 spiro atoms. The zero-order valence-corrected chi connectivity index (χ0v) is 30.9. The second kappa shape index (κ2) is 14.4. The maximum Gasteiger partial charge on any atom is 0.304 e. The maximum atomic E-state index is 13.3. The number of carbonyl (C=O) groups is 1. The number of carbonyl (C=O) groups excluding carboxylic acids is 1. The van der Waals surface area contributed by atoms with E-state index in [0.717, 1.165) is 103 Å². The predicted octanol–water partition coefficient (Wildman–Crippen LogP) is 8.23. The van der Waals surface area contributed by atoms with Gasteiger partial charge in [-0.25, -0.2) is 9.71 Å². The molecule has 7 rings (SSSR count). The van der Waals surface area contributed by atoms with E-state index >= 15 is 0 Å². The molecular weight excluding hydrogens is 705 g/mol. The van der Waals surface area contributed by atoms with E-state index in [1.54, 1.807) is 12.1 Å². The number of benzene rings is 2. The Hall–Kier alpha value is -2.90. The molecule has 0 unspecified atom stereocenters. The SMILES string of the molecule is CC(C)Oc1cc(C(=O)NS(=O)(=O)N2CCCCC2)cc2sc(N3CCC(CCc4c(-c5c(Cl)cccc5Cl)noc4C4CC4)CC3)nc12. The molecule has 1 aliphatic carbocycles. The Morgan fingerprint density at radius 3 is 2.45 bits per heavy atom. The number of rotatable bonds is 11. The fourth-order valence-electron chi connectivity index (χ4n) is 6.85. The van der Waals surface area contributed by atoms with Crippen LogP contribution in [0.15, 0.2) is 34.9 Å². The molecule has 10 nitrogen and oxygen atoms in total. The van der Waals surface area contributed by atoms with Crippen molar-refractivity contribution in [2.24, 2.45) is 5.92 Å². The summed E-state index contributed by atoms with van der Waals surface area (Å²) in [7, 11) is -3.93. The topological polar surface area (TPSA) is 118 Å². The second-order valence-electron chi connectivity index (χ2n) is 13.6. The van der Waals surface area contributed by atoms with Crippen LogP contribution in [-0.4, -0.2) is 61.1 Å². The number of piperidine rings is 2. The van der Waals surface area contributed by atoms with Crippen molar-refractivity contribution in [3.05, 3.63) is 57.3 Å². The Morgan fingerprint density at radius 1 is 1.06 bits per heavy atom. The van der Waals surface area contributed by atoms with Crippen molar-refractivity contribution in [1.29, 1.82) is 0 Å². The largest absolute Gasteiger partial charge is 0.489 e. The fraction of sp³-hybridized carbons (Fsp3) is 0.514. The van der Waals surface area contributed by atoms with E-state index in [2.05, 4.69) is 14.8 Å². The van der Waals surface area contributed by atoms with Gasteiger partial charge in [0.15, 0.2) is 5.13 Å². The number of hydrogen-bond donors (Lipinski definition) is 1. The highest BCUT2D eigenvalue weighted by molar-refractivity contribution is 7.87. The fourth-order valence-corrected chi connectivity index (χ4v) is 9.73. The van der Waals surface area contributed by atoms with Crippen LogP contribution in [0, 0.1) is 5.92 Å². The number of amides is 1. The van der Waals surface area contributed by atoms with Crippen molar-refractivity contribution >= 4 is 66.0 Å². The quantitative estimate of drug-likeness (QED) is 0.163. The first kappa shape index (κ1) is 34.5. The molecule has 4 aromatic rings. The first-order valence-corrected chi connectivity index (χ1v) is 20.2. The standard InChI is InChI=1S/C35H41Cl2N5O5S2/c1-21(2)46-28-19-24(34(43)40-49(44,45)42-15-4-3-5-16-42)20-29-32(28)38-35(48-29)41-17-13-22(14-18-41)9-12-25-31(39-47-33(25)23-10-11-23)30-26(36)7-6-8-27(30)37/h6-8,19-23H,3-5,9-18H2,1-2H3,(H,40,43). The van der Waals surface area contributed by atoms with E-state index in [-0.39, 0.29) is 11.7 Å². The average Bonchev–Trinajstić information content (AvgIpc) is 3.69. The minimum atomic E-state index is -3.93. The Labute approximate surface area is 301 Å². The Morgan fingerprint density at radius 2 is 1.78 bits per heavy atom. The molecule has 3 fully saturated rings. The number of nitrogens with one attached hydrogen (secondary N) is 1. The number of hydrogen-bond acceptors (Lipinski definition) is 9. The van der Waals surface area contributed by atoms with Crippen LogP contribution in [0.1, 0.15) is 92.8 Å². The van der Waals surface area contributed by atoms with Gasteiger partial charge in [-0.2, -0.15) is 12.7 Å². The summed E-state index contributed by atoms with van der Waals surface area (Å²) in [6, 6.07) is 8.83. The zero-order chi connectivity index (χ0) is 34.3. The van der Waals surface area contributed by atoms with Crippen molar-refractivity contribution in [1.82, 2.24) is 19.2 Å². The van der Waals surface area contributed by atoms with Gasteiger partial charge in [-0.1, -0.05) is 52.2 Å². The summed E-state index contributed by atoms with van der Waals surface area (Å²) in [5.41, 5.74) is 3.55. The van der Waals surface area contributed by atoms with Crippen molar-refractivity contribution < 1.29 is 22.5 Å². The summed E-state index contributed by atoms with van der Waals surface area (Å²) in [5, 5.41) is 6.48. The summed E-state index contributed by atoms with van der Waals surface area (Å²) in [5.74, 6) is 1.73. The molecule has 0 radical (unpaired) electrons. The van der Waals surface area contributed by atoms with Gasteiger partial charge in [0.25, 0.3) is 5.91 Å². The number of anilines is 1. The molecule has 1 N–H and O–H groups in total. The average molecular weight is 747 g/mol. The molecule has 1 amide bonds. The summed E-state index contributed by atoms with van der Waals surface area (Å²) in [6.45, 7) is 6.37. The molecule has 1 saturated carbocycles. The number of halogens is 2. The highest BCUT2D eigenvalue weighted by Crippen LogP contribution is 2.47. The van der Waals surface area contributed by atoms with E-state index in [9.17, 15) is 13.2 Å². The van der Waals surface area contributed by atoms with Crippen LogP contribution >= 0.6 is 34.5 Å². The third-order valence-corrected chi connectivity index (χ3v) is 12.8. The summed E-state index contributed by atoms with van der Waals surface area (Å²) in [6.07, 6.45) is 8.54. The van der Waals surface area contributed by atoms with Crippen molar-refractivity contribution in [2.45, 2.75) is 83.7 Å². The summed E-state index contributed by atoms with van der Waals surface area (Å²) in [4.78, 5) is 20.5. The first-order valence-electron chi connectivity index (χ1n) is 17.2. The Balaban J connectivity index is 1.04. The van der Waals surface area contributed by atoms with Crippen LogP contribution < -0.4 is 14.4 Å². The minimum absolute atomic E-state index is 0.153. The molecule has 14 heteroatoms. The van der Waals surface area contributed by atoms with Crippen molar-refractivity contribution in [2.75, 3.05) is 31.1 Å². The van der Waals surface area contributed by atoms with Crippen LogP contribution in [0.4, 0.5) is 5.13 Å².